The lowest BCUT2D eigenvalue weighted by Crippen LogP contribution is -2.18. The van der Waals surface area contributed by atoms with Crippen LogP contribution in [0.4, 0.5) is 0 Å². The first-order chi connectivity index (χ1) is 8.21. The van der Waals surface area contributed by atoms with Crippen LogP contribution in [0.25, 0.3) is 0 Å². The third-order valence-corrected chi connectivity index (χ3v) is 2.97. The van der Waals surface area contributed by atoms with Gasteiger partial charge in [0.2, 0.25) is 0 Å². The van der Waals surface area contributed by atoms with E-state index in [4.69, 9.17) is 27.2 Å². The highest BCUT2D eigenvalue weighted by atomic mass is 35.5. The van der Waals surface area contributed by atoms with E-state index in [0.29, 0.717) is 18.2 Å². The molecule has 1 atom stereocenters. The Hall–Kier alpha value is -0.770. The quantitative estimate of drug-likeness (QED) is 0.788. The maximum absolute atomic E-state index is 9.09. The van der Waals surface area contributed by atoms with Crippen molar-refractivity contribution in [3.05, 3.63) is 28.8 Å². The Morgan fingerprint density at radius 1 is 1.47 bits per heavy atom. The number of ether oxygens (including phenoxy) is 1. The fourth-order valence-corrected chi connectivity index (χ4v) is 1.88. The Morgan fingerprint density at radius 2 is 2.24 bits per heavy atom. The fraction of sp³-hybridized carbons (Fsp3) is 0.538. The van der Waals surface area contributed by atoms with Gasteiger partial charge in [0.25, 0.3) is 0 Å². The van der Waals surface area contributed by atoms with Crippen LogP contribution in [0.3, 0.4) is 0 Å². The van der Waals surface area contributed by atoms with Gasteiger partial charge >= 0.3 is 0 Å². The molecule has 1 unspecified atom stereocenters. The summed E-state index contributed by atoms with van der Waals surface area (Å²) in [5, 5.41) is 9.80. The van der Waals surface area contributed by atoms with Gasteiger partial charge in [-0.25, -0.2) is 0 Å². The first-order valence-corrected chi connectivity index (χ1v) is 6.31. The van der Waals surface area contributed by atoms with E-state index >= 15 is 0 Å². The van der Waals surface area contributed by atoms with E-state index in [-0.39, 0.29) is 12.5 Å². The predicted octanol–water partition coefficient (Wildman–Crippen LogP) is 2.24. The highest BCUT2D eigenvalue weighted by Crippen LogP contribution is 2.25. The van der Waals surface area contributed by atoms with Crippen LogP contribution >= 0.6 is 11.6 Å². The van der Waals surface area contributed by atoms with Crippen molar-refractivity contribution in [3.63, 3.8) is 0 Å². The van der Waals surface area contributed by atoms with E-state index < -0.39 is 0 Å². The third kappa shape index (κ3) is 4.54. The summed E-state index contributed by atoms with van der Waals surface area (Å²) in [4.78, 5) is 0. The second-order valence-corrected chi connectivity index (χ2v) is 4.44. The molecule has 0 amide bonds. The van der Waals surface area contributed by atoms with Gasteiger partial charge in [-0.15, -0.1) is 0 Å². The van der Waals surface area contributed by atoms with Crippen molar-refractivity contribution in [2.75, 3.05) is 19.8 Å². The Balaban J connectivity index is 2.70. The molecule has 0 bridgehead atoms. The fourth-order valence-electron chi connectivity index (χ4n) is 1.68. The molecule has 0 fully saturated rings. The van der Waals surface area contributed by atoms with Crippen molar-refractivity contribution >= 4 is 11.6 Å². The highest BCUT2D eigenvalue weighted by Gasteiger charge is 2.09. The maximum Gasteiger partial charge on any atom is 0.122 e. The normalized spacial score (nSPS) is 12.5. The number of aliphatic hydroxyl groups excluding tert-OH is 1. The van der Waals surface area contributed by atoms with Crippen molar-refractivity contribution in [1.29, 1.82) is 0 Å². The van der Waals surface area contributed by atoms with E-state index in [9.17, 15) is 0 Å². The van der Waals surface area contributed by atoms with E-state index in [2.05, 4.69) is 0 Å². The minimum atomic E-state index is 0.126. The molecule has 1 aromatic carbocycles. The summed E-state index contributed by atoms with van der Waals surface area (Å²) in [5.41, 5.74) is 6.63. The monoisotopic (exact) mass is 257 g/mol. The molecule has 1 aromatic rings. The molecule has 0 saturated carbocycles. The summed E-state index contributed by atoms with van der Waals surface area (Å²) >= 11 is 5.97. The summed E-state index contributed by atoms with van der Waals surface area (Å²) in [6.45, 7) is 3.21. The van der Waals surface area contributed by atoms with Gasteiger partial charge in [0.15, 0.2) is 0 Å². The van der Waals surface area contributed by atoms with Gasteiger partial charge < -0.3 is 15.6 Å². The molecule has 96 valence electrons. The summed E-state index contributed by atoms with van der Waals surface area (Å²) in [6.07, 6.45) is 1.66. The van der Waals surface area contributed by atoms with Gasteiger partial charge in [-0.1, -0.05) is 11.6 Å². The van der Waals surface area contributed by atoms with Crippen LogP contribution in [0.2, 0.25) is 5.02 Å². The van der Waals surface area contributed by atoms with Gasteiger partial charge in [-0.05, 0) is 56.0 Å². The molecule has 17 heavy (non-hydrogen) atoms. The number of halogens is 1. The van der Waals surface area contributed by atoms with E-state index in [1.165, 1.54) is 0 Å². The summed E-state index contributed by atoms with van der Waals surface area (Å²) in [7, 11) is 0. The molecule has 0 aliphatic carbocycles. The number of hydrogen-bond acceptors (Lipinski definition) is 3. The summed E-state index contributed by atoms with van der Waals surface area (Å²) in [5.74, 6) is 1.01. The van der Waals surface area contributed by atoms with E-state index in [1.54, 1.807) is 0 Å². The molecule has 0 aliphatic rings. The molecular weight excluding hydrogens is 238 g/mol. The zero-order valence-electron chi connectivity index (χ0n) is 10.2. The lowest BCUT2D eigenvalue weighted by molar-refractivity contribution is 0.222. The number of hydrogen-bond donors (Lipinski definition) is 2. The minimum Gasteiger partial charge on any atom is -0.494 e. The SMILES string of the molecule is CCOc1ccc(Cl)cc1CCC(CN)CO. The molecule has 0 aliphatic heterocycles. The molecule has 3 nitrogen and oxygen atoms in total. The molecule has 0 radical (unpaired) electrons. The number of nitrogens with two attached hydrogens (primary N) is 1. The Morgan fingerprint density at radius 3 is 2.82 bits per heavy atom. The molecule has 1 rings (SSSR count). The lowest BCUT2D eigenvalue weighted by atomic mass is 10.00. The number of benzene rings is 1. The smallest absolute Gasteiger partial charge is 0.122 e. The second-order valence-electron chi connectivity index (χ2n) is 4.01. The molecule has 4 heteroatoms. The standard InChI is InChI=1S/C13H20ClNO2/c1-2-17-13-6-5-12(14)7-11(13)4-3-10(8-15)9-16/h5-7,10,16H,2-4,8-9,15H2,1H3. The lowest BCUT2D eigenvalue weighted by Gasteiger charge is -2.14. The number of rotatable bonds is 7. The zero-order chi connectivity index (χ0) is 12.7. The van der Waals surface area contributed by atoms with Crippen LogP contribution in [0.1, 0.15) is 18.9 Å². The van der Waals surface area contributed by atoms with Crippen LogP contribution in [-0.2, 0) is 6.42 Å². The van der Waals surface area contributed by atoms with Crippen molar-refractivity contribution in [2.45, 2.75) is 19.8 Å². The summed E-state index contributed by atoms with van der Waals surface area (Å²) in [6, 6.07) is 5.62. The Labute approximate surface area is 108 Å². The molecule has 3 N–H and O–H groups in total. The van der Waals surface area contributed by atoms with E-state index in [0.717, 1.165) is 24.2 Å². The number of aliphatic hydroxyl groups is 1. The minimum absolute atomic E-state index is 0.126. The molecular formula is C13H20ClNO2. The first kappa shape index (κ1) is 14.3. The molecule has 0 aromatic heterocycles. The Bertz CT molecular complexity index is 340. The van der Waals surface area contributed by atoms with Crippen LogP contribution in [0.5, 0.6) is 5.75 Å². The van der Waals surface area contributed by atoms with Crippen LogP contribution in [-0.4, -0.2) is 24.9 Å². The van der Waals surface area contributed by atoms with Crippen molar-refractivity contribution < 1.29 is 9.84 Å². The van der Waals surface area contributed by atoms with Crippen molar-refractivity contribution in [1.82, 2.24) is 0 Å². The van der Waals surface area contributed by atoms with Crippen molar-refractivity contribution in [2.24, 2.45) is 11.7 Å². The first-order valence-electron chi connectivity index (χ1n) is 5.93. The number of aryl methyl sites for hydroxylation is 1. The van der Waals surface area contributed by atoms with Gasteiger partial charge in [0, 0.05) is 11.6 Å². The van der Waals surface area contributed by atoms with Gasteiger partial charge in [-0.2, -0.15) is 0 Å². The molecule has 0 saturated heterocycles. The second kappa shape index (κ2) is 7.54. The zero-order valence-corrected chi connectivity index (χ0v) is 10.9. The Kier molecular flexibility index (Phi) is 6.34. The topological polar surface area (TPSA) is 55.5 Å². The van der Waals surface area contributed by atoms with Gasteiger partial charge in [-0.3, -0.25) is 0 Å². The van der Waals surface area contributed by atoms with Gasteiger partial charge in [0.05, 0.1) is 6.61 Å². The largest absolute Gasteiger partial charge is 0.494 e. The van der Waals surface area contributed by atoms with Crippen LogP contribution in [0.15, 0.2) is 18.2 Å². The average Bonchev–Trinajstić information content (AvgIpc) is 2.34. The van der Waals surface area contributed by atoms with Crippen LogP contribution < -0.4 is 10.5 Å². The predicted molar refractivity (Wildman–Crippen MR) is 70.6 cm³/mol. The summed E-state index contributed by atoms with van der Waals surface area (Å²) < 4.78 is 5.54. The third-order valence-electron chi connectivity index (χ3n) is 2.74. The van der Waals surface area contributed by atoms with Crippen LogP contribution in [0, 0.1) is 5.92 Å². The molecule has 0 heterocycles. The maximum atomic E-state index is 9.09. The van der Waals surface area contributed by atoms with Gasteiger partial charge in [0.1, 0.15) is 5.75 Å². The average molecular weight is 258 g/mol. The van der Waals surface area contributed by atoms with E-state index in [1.807, 2.05) is 25.1 Å². The highest BCUT2D eigenvalue weighted by molar-refractivity contribution is 6.30. The molecule has 0 spiro atoms. The van der Waals surface area contributed by atoms with Crippen molar-refractivity contribution in [3.8, 4) is 5.75 Å².